The van der Waals surface area contributed by atoms with Crippen molar-refractivity contribution in [3.05, 3.63) is 47.3 Å². The highest BCUT2D eigenvalue weighted by molar-refractivity contribution is 6.12. The van der Waals surface area contributed by atoms with Gasteiger partial charge in [0.25, 0.3) is 17.5 Å². The number of nitrogens with one attached hydrogen (secondary N) is 2. The summed E-state index contributed by atoms with van der Waals surface area (Å²) in [5.74, 6) is 0.507. The Balaban J connectivity index is 1.49. The van der Waals surface area contributed by atoms with Gasteiger partial charge in [-0.2, -0.15) is 0 Å². The van der Waals surface area contributed by atoms with Crippen molar-refractivity contribution in [1.29, 1.82) is 0 Å². The summed E-state index contributed by atoms with van der Waals surface area (Å²) in [6.07, 6.45) is 2.15. The molecular weight excluding hydrogens is 372 g/mol. The molecule has 3 aromatic rings. The number of aryl methyl sites for hydroxylation is 1. The van der Waals surface area contributed by atoms with E-state index in [4.69, 9.17) is 9.26 Å². The molecule has 2 amide bonds. The number of likely N-dealkylation sites (N-methyl/N-ethyl adjacent to an activating group) is 1. The smallest absolute Gasteiger partial charge is 0.259 e. The number of amides is 2. The average Bonchev–Trinajstić information content (AvgIpc) is 3.50. The molecule has 1 aliphatic carbocycles. The van der Waals surface area contributed by atoms with Gasteiger partial charge in [-0.15, -0.1) is 0 Å². The Bertz CT molecular complexity index is 1050. The van der Waals surface area contributed by atoms with Gasteiger partial charge in [-0.05, 0) is 57.0 Å². The first kappa shape index (κ1) is 18.9. The summed E-state index contributed by atoms with van der Waals surface area (Å²) in [6, 6.07) is 8.70. The van der Waals surface area contributed by atoms with Crippen molar-refractivity contribution < 1.29 is 18.8 Å². The molecule has 0 aliphatic heterocycles. The van der Waals surface area contributed by atoms with Gasteiger partial charge in [-0.1, -0.05) is 5.16 Å². The van der Waals surface area contributed by atoms with E-state index in [1.165, 1.54) is 0 Å². The molecule has 2 aromatic heterocycles. The Morgan fingerprint density at radius 1 is 1.24 bits per heavy atom. The summed E-state index contributed by atoms with van der Waals surface area (Å²) in [6.45, 7) is 4.15. The highest BCUT2D eigenvalue weighted by Crippen LogP contribution is 2.40. The van der Waals surface area contributed by atoms with Crippen molar-refractivity contribution in [2.45, 2.75) is 32.6 Å². The summed E-state index contributed by atoms with van der Waals surface area (Å²) < 4.78 is 10.7. The number of ether oxygens (including phenoxy) is 1. The van der Waals surface area contributed by atoms with E-state index in [1.807, 2.05) is 13.0 Å². The third-order valence-corrected chi connectivity index (χ3v) is 4.73. The summed E-state index contributed by atoms with van der Waals surface area (Å²) >= 11 is 0. The first-order valence-electron chi connectivity index (χ1n) is 9.63. The minimum Gasteiger partial charge on any atom is -0.484 e. The molecule has 2 heterocycles. The lowest BCUT2D eigenvalue weighted by Gasteiger charge is -2.09. The largest absolute Gasteiger partial charge is 0.484 e. The Morgan fingerprint density at radius 3 is 2.69 bits per heavy atom. The minimum atomic E-state index is -0.249. The zero-order valence-electron chi connectivity index (χ0n) is 16.3. The highest BCUT2D eigenvalue weighted by Gasteiger charge is 2.28. The number of benzene rings is 1. The second-order valence-electron chi connectivity index (χ2n) is 7.04. The van der Waals surface area contributed by atoms with Crippen molar-refractivity contribution in [3.8, 4) is 5.75 Å². The summed E-state index contributed by atoms with van der Waals surface area (Å²) in [5, 5.41) is 10.2. The SMILES string of the molecule is CCNC(=O)COc1ccc(NC(=O)c2cc(C3CC3)nc3onc(C)c23)cc1. The van der Waals surface area contributed by atoms with E-state index in [2.05, 4.69) is 20.8 Å². The molecule has 8 heteroatoms. The van der Waals surface area contributed by atoms with Gasteiger partial charge in [0.2, 0.25) is 0 Å². The van der Waals surface area contributed by atoms with Gasteiger partial charge in [0, 0.05) is 23.8 Å². The lowest BCUT2D eigenvalue weighted by molar-refractivity contribution is -0.122. The van der Waals surface area contributed by atoms with Gasteiger partial charge in [-0.3, -0.25) is 9.59 Å². The molecule has 150 valence electrons. The van der Waals surface area contributed by atoms with Crippen molar-refractivity contribution in [2.24, 2.45) is 0 Å². The molecule has 0 saturated heterocycles. The van der Waals surface area contributed by atoms with E-state index in [0.29, 0.717) is 46.3 Å². The Labute approximate surface area is 167 Å². The van der Waals surface area contributed by atoms with Crippen LogP contribution >= 0.6 is 0 Å². The van der Waals surface area contributed by atoms with Crippen molar-refractivity contribution in [3.63, 3.8) is 0 Å². The predicted molar refractivity (Wildman–Crippen MR) is 107 cm³/mol. The van der Waals surface area contributed by atoms with Crippen LogP contribution in [0.4, 0.5) is 5.69 Å². The lowest BCUT2D eigenvalue weighted by Crippen LogP contribution is -2.28. The number of carbonyl (C=O) groups is 2. The molecule has 0 spiro atoms. The quantitative estimate of drug-likeness (QED) is 0.637. The zero-order valence-corrected chi connectivity index (χ0v) is 16.3. The van der Waals surface area contributed by atoms with Crippen LogP contribution < -0.4 is 15.4 Å². The van der Waals surface area contributed by atoms with Crippen LogP contribution in [0.25, 0.3) is 11.1 Å². The summed E-state index contributed by atoms with van der Waals surface area (Å²) in [7, 11) is 0. The molecule has 1 fully saturated rings. The lowest BCUT2D eigenvalue weighted by atomic mass is 10.1. The fourth-order valence-corrected chi connectivity index (χ4v) is 3.11. The third kappa shape index (κ3) is 4.21. The first-order chi connectivity index (χ1) is 14.0. The Kier molecular flexibility index (Phi) is 5.16. The second kappa shape index (κ2) is 7.90. The van der Waals surface area contributed by atoms with Gasteiger partial charge >= 0.3 is 0 Å². The van der Waals surface area contributed by atoms with Gasteiger partial charge in [0.15, 0.2) is 6.61 Å². The maximum atomic E-state index is 13.0. The molecule has 0 unspecified atom stereocenters. The van der Waals surface area contributed by atoms with Crippen LogP contribution in [0.15, 0.2) is 34.9 Å². The third-order valence-electron chi connectivity index (χ3n) is 4.73. The molecule has 0 atom stereocenters. The molecule has 1 saturated carbocycles. The van der Waals surface area contributed by atoms with Crippen LogP contribution in [-0.2, 0) is 4.79 Å². The van der Waals surface area contributed by atoms with E-state index in [9.17, 15) is 9.59 Å². The van der Waals surface area contributed by atoms with E-state index in [1.54, 1.807) is 31.2 Å². The molecular formula is C21H22N4O4. The molecule has 1 aromatic carbocycles. The molecule has 0 bridgehead atoms. The van der Waals surface area contributed by atoms with Crippen LogP contribution in [0.2, 0.25) is 0 Å². The molecule has 0 radical (unpaired) electrons. The number of carbonyl (C=O) groups excluding carboxylic acids is 2. The summed E-state index contributed by atoms with van der Waals surface area (Å²) in [4.78, 5) is 28.9. The number of fused-ring (bicyclic) bond motifs is 1. The van der Waals surface area contributed by atoms with Crippen molar-refractivity contribution in [1.82, 2.24) is 15.5 Å². The number of pyridine rings is 1. The number of hydrogen-bond acceptors (Lipinski definition) is 6. The van der Waals surface area contributed by atoms with E-state index in [-0.39, 0.29) is 18.4 Å². The number of aromatic nitrogens is 2. The predicted octanol–water partition coefficient (Wildman–Crippen LogP) is 3.18. The first-order valence-corrected chi connectivity index (χ1v) is 9.63. The maximum Gasteiger partial charge on any atom is 0.259 e. The fourth-order valence-electron chi connectivity index (χ4n) is 3.11. The standard InChI is InChI=1S/C21H22N4O4/c1-3-22-18(26)11-28-15-8-6-14(7-9-15)23-20(27)16-10-17(13-4-5-13)24-21-19(16)12(2)25-29-21/h6-10,13H,3-5,11H2,1-2H3,(H,22,26)(H,23,27). The monoisotopic (exact) mass is 394 g/mol. The van der Waals surface area contributed by atoms with Crippen LogP contribution in [0.5, 0.6) is 5.75 Å². The van der Waals surface area contributed by atoms with Crippen molar-refractivity contribution in [2.75, 3.05) is 18.5 Å². The van der Waals surface area contributed by atoms with E-state index >= 15 is 0 Å². The molecule has 2 N–H and O–H groups in total. The van der Waals surface area contributed by atoms with Gasteiger partial charge in [-0.25, -0.2) is 4.98 Å². The summed E-state index contributed by atoms with van der Waals surface area (Å²) in [5.41, 5.74) is 3.02. The second-order valence-corrected chi connectivity index (χ2v) is 7.04. The number of nitrogens with zero attached hydrogens (tertiary/aromatic N) is 2. The van der Waals surface area contributed by atoms with Crippen LogP contribution in [0.3, 0.4) is 0 Å². The fraction of sp³-hybridized carbons (Fsp3) is 0.333. The van der Waals surface area contributed by atoms with Crippen LogP contribution in [0.1, 0.15) is 47.4 Å². The van der Waals surface area contributed by atoms with Gasteiger partial charge in [0.1, 0.15) is 5.75 Å². The van der Waals surface area contributed by atoms with Gasteiger partial charge in [0.05, 0.1) is 16.6 Å². The van der Waals surface area contributed by atoms with Gasteiger partial charge < -0.3 is 19.9 Å². The maximum absolute atomic E-state index is 13.0. The molecule has 1 aliphatic rings. The average molecular weight is 394 g/mol. The zero-order chi connectivity index (χ0) is 20.4. The highest BCUT2D eigenvalue weighted by atomic mass is 16.5. The normalized spacial score (nSPS) is 13.3. The van der Waals surface area contributed by atoms with Crippen LogP contribution in [0, 0.1) is 6.92 Å². The number of rotatable bonds is 7. The topological polar surface area (TPSA) is 106 Å². The molecule has 4 rings (SSSR count). The Hall–Kier alpha value is -3.42. The number of anilines is 1. The van der Waals surface area contributed by atoms with Crippen LogP contribution in [-0.4, -0.2) is 35.1 Å². The van der Waals surface area contributed by atoms with E-state index in [0.717, 1.165) is 18.5 Å². The minimum absolute atomic E-state index is 0.0503. The Morgan fingerprint density at radius 2 is 2.00 bits per heavy atom. The number of hydrogen-bond donors (Lipinski definition) is 2. The molecule has 29 heavy (non-hydrogen) atoms. The van der Waals surface area contributed by atoms with E-state index < -0.39 is 0 Å². The van der Waals surface area contributed by atoms with Crippen molar-refractivity contribution >= 4 is 28.6 Å². The molecule has 8 nitrogen and oxygen atoms in total.